The summed E-state index contributed by atoms with van der Waals surface area (Å²) in [5, 5.41) is 3.05. The zero-order valence-corrected chi connectivity index (χ0v) is 14.5. The highest BCUT2D eigenvalue weighted by Gasteiger charge is 2.40. The number of nitrogens with zero attached hydrogens (tertiary/aromatic N) is 1. The Bertz CT molecular complexity index is 981. The van der Waals surface area contributed by atoms with E-state index in [4.69, 9.17) is 0 Å². The van der Waals surface area contributed by atoms with Gasteiger partial charge in [0.05, 0.1) is 17.1 Å². The minimum atomic E-state index is -4.53. The summed E-state index contributed by atoms with van der Waals surface area (Å²) in [6.45, 7) is 2.02. The lowest BCUT2D eigenvalue weighted by atomic mass is 9.98. The van der Waals surface area contributed by atoms with Crippen molar-refractivity contribution in [1.29, 1.82) is 0 Å². The molecule has 0 bridgehead atoms. The average Bonchev–Trinajstić information content (AvgIpc) is 3.20. The van der Waals surface area contributed by atoms with Crippen LogP contribution in [0.15, 0.2) is 48.5 Å². The second-order valence-electron chi connectivity index (χ2n) is 7.03. The van der Waals surface area contributed by atoms with Crippen molar-refractivity contribution in [3.05, 3.63) is 65.5 Å². The van der Waals surface area contributed by atoms with Crippen molar-refractivity contribution in [2.45, 2.75) is 25.6 Å². The Labute approximate surface area is 153 Å². The number of aromatic amines is 1. The van der Waals surface area contributed by atoms with E-state index >= 15 is 0 Å². The summed E-state index contributed by atoms with van der Waals surface area (Å²) in [6.07, 6.45) is -3.67. The van der Waals surface area contributed by atoms with E-state index in [1.807, 2.05) is 37.3 Å². The molecule has 4 nitrogen and oxygen atoms in total. The molecule has 0 radical (unpaired) electrons. The number of amides is 1. The van der Waals surface area contributed by atoms with E-state index in [0.29, 0.717) is 11.5 Å². The van der Waals surface area contributed by atoms with Crippen LogP contribution in [0, 0.1) is 11.8 Å². The lowest BCUT2D eigenvalue weighted by molar-refractivity contribution is -0.144. The molecule has 1 fully saturated rings. The SMILES string of the molecule is C[C@@H]1C[C@@H]1C(=O)N[C@@H](c1ccccc1)c1ccc2nc(C(F)(F)F)[nH]c2c1. The fourth-order valence-corrected chi connectivity index (χ4v) is 3.28. The number of H-pyrrole nitrogens is 1. The van der Waals surface area contributed by atoms with Crippen LogP contribution in [-0.4, -0.2) is 15.9 Å². The summed E-state index contributed by atoms with van der Waals surface area (Å²) in [4.78, 5) is 18.4. The number of carbonyl (C=O) groups excluding carboxylic acids is 1. The fraction of sp³-hybridized carbons (Fsp3) is 0.300. The number of imidazole rings is 1. The molecule has 1 saturated carbocycles. The summed E-state index contributed by atoms with van der Waals surface area (Å²) < 4.78 is 38.7. The van der Waals surface area contributed by atoms with Crippen LogP contribution in [0.4, 0.5) is 13.2 Å². The van der Waals surface area contributed by atoms with Crippen LogP contribution in [-0.2, 0) is 11.0 Å². The van der Waals surface area contributed by atoms with Gasteiger partial charge in [0.1, 0.15) is 0 Å². The molecule has 27 heavy (non-hydrogen) atoms. The van der Waals surface area contributed by atoms with E-state index in [1.165, 1.54) is 6.07 Å². The van der Waals surface area contributed by atoms with Gasteiger partial charge in [-0.3, -0.25) is 4.79 Å². The number of carbonyl (C=O) groups is 1. The second-order valence-corrected chi connectivity index (χ2v) is 7.03. The molecule has 1 aliphatic carbocycles. The Morgan fingerprint density at radius 3 is 2.52 bits per heavy atom. The number of nitrogens with one attached hydrogen (secondary N) is 2. The third-order valence-corrected chi connectivity index (χ3v) is 4.97. The summed E-state index contributed by atoms with van der Waals surface area (Å²) in [5.74, 6) is -0.687. The highest BCUT2D eigenvalue weighted by Crippen LogP contribution is 2.39. The molecule has 140 valence electrons. The normalized spacial score (nSPS) is 20.4. The molecule has 7 heteroatoms. The van der Waals surface area contributed by atoms with E-state index in [2.05, 4.69) is 15.3 Å². The van der Waals surface area contributed by atoms with E-state index in [9.17, 15) is 18.0 Å². The van der Waals surface area contributed by atoms with Crippen molar-refractivity contribution < 1.29 is 18.0 Å². The van der Waals surface area contributed by atoms with Crippen molar-refractivity contribution in [3.8, 4) is 0 Å². The minimum absolute atomic E-state index is 0.00364. The van der Waals surface area contributed by atoms with Gasteiger partial charge in [-0.25, -0.2) is 4.98 Å². The fourth-order valence-electron chi connectivity index (χ4n) is 3.28. The second kappa shape index (κ2) is 6.40. The zero-order chi connectivity index (χ0) is 19.2. The molecule has 1 amide bonds. The lowest BCUT2D eigenvalue weighted by Crippen LogP contribution is -2.30. The molecule has 0 spiro atoms. The quantitative estimate of drug-likeness (QED) is 0.710. The summed E-state index contributed by atoms with van der Waals surface area (Å²) in [7, 11) is 0. The first-order valence-electron chi connectivity index (χ1n) is 8.75. The summed E-state index contributed by atoms with van der Waals surface area (Å²) in [6, 6.07) is 13.8. The third kappa shape index (κ3) is 3.54. The van der Waals surface area contributed by atoms with Crippen molar-refractivity contribution in [2.75, 3.05) is 0 Å². The van der Waals surface area contributed by atoms with Gasteiger partial charge >= 0.3 is 6.18 Å². The smallest absolute Gasteiger partial charge is 0.345 e. The molecule has 0 saturated heterocycles. The monoisotopic (exact) mass is 373 g/mol. The van der Waals surface area contributed by atoms with Gasteiger partial charge < -0.3 is 10.3 Å². The molecule has 1 aromatic heterocycles. The number of alkyl halides is 3. The van der Waals surface area contributed by atoms with Crippen molar-refractivity contribution >= 4 is 16.9 Å². The third-order valence-electron chi connectivity index (χ3n) is 4.97. The predicted octanol–water partition coefficient (Wildman–Crippen LogP) is 4.44. The predicted molar refractivity (Wildman–Crippen MR) is 94.8 cm³/mol. The highest BCUT2D eigenvalue weighted by molar-refractivity contribution is 5.83. The Kier molecular flexibility index (Phi) is 4.17. The standard InChI is InChI=1S/C20H18F3N3O/c1-11-9-14(11)18(27)26-17(12-5-3-2-4-6-12)13-7-8-15-16(10-13)25-19(24-15)20(21,22)23/h2-8,10-11,14,17H,9H2,1H3,(H,24,25)(H,26,27)/t11-,14+,17+/m1/s1. The Morgan fingerprint density at radius 2 is 1.89 bits per heavy atom. The molecule has 4 rings (SSSR count). The summed E-state index contributed by atoms with van der Waals surface area (Å²) >= 11 is 0. The molecular formula is C20H18F3N3O. The zero-order valence-electron chi connectivity index (χ0n) is 14.5. The van der Waals surface area contributed by atoms with Crippen LogP contribution >= 0.6 is 0 Å². The first-order chi connectivity index (χ1) is 12.8. The molecule has 2 N–H and O–H groups in total. The van der Waals surface area contributed by atoms with Gasteiger partial charge in [0.15, 0.2) is 0 Å². The molecule has 1 aliphatic rings. The molecule has 3 atom stereocenters. The average molecular weight is 373 g/mol. The number of fused-ring (bicyclic) bond motifs is 1. The molecule has 2 aromatic carbocycles. The van der Waals surface area contributed by atoms with E-state index in [1.54, 1.807) is 12.1 Å². The van der Waals surface area contributed by atoms with Crippen LogP contribution in [0.3, 0.4) is 0 Å². The van der Waals surface area contributed by atoms with Gasteiger partial charge in [-0.15, -0.1) is 0 Å². The number of hydrogen-bond acceptors (Lipinski definition) is 2. The Hall–Kier alpha value is -2.83. The molecule has 1 heterocycles. The number of hydrogen-bond donors (Lipinski definition) is 2. The van der Waals surface area contributed by atoms with Gasteiger partial charge in [-0.05, 0) is 35.6 Å². The maximum absolute atomic E-state index is 12.9. The molecular weight excluding hydrogens is 355 g/mol. The number of aromatic nitrogens is 2. The van der Waals surface area contributed by atoms with Crippen LogP contribution < -0.4 is 5.32 Å². The van der Waals surface area contributed by atoms with E-state index in [-0.39, 0.29) is 22.9 Å². The maximum atomic E-state index is 12.9. The molecule has 0 unspecified atom stereocenters. The van der Waals surface area contributed by atoms with Crippen LogP contribution in [0.25, 0.3) is 11.0 Å². The van der Waals surface area contributed by atoms with Gasteiger partial charge in [0.2, 0.25) is 11.7 Å². The Balaban J connectivity index is 1.71. The Morgan fingerprint density at radius 1 is 1.19 bits per heavy atom. The number of rotatable bonds is 4. The largest absolute Gasteiger partial charge is 0.449 e. The van der Waals surface area contributed by atoms with Crippen LogP contribution in [0.5, 0.6) is 0 Å². The first-order valence-corrected chi connectivity index (χ1v) is 8.75. The van der Waals surface area contributed by atoms with E-state index in [0.717, 1.165) is 12.0 Å². The lowest BCUT2D eigenvalue weighted by Gasteiger charge is -2.20. The van der Waals surface area contributed by atoms with Gasteiger partial charge in [-0.2, -0.15) is 13.2 Å². The topological polar surface area (TPSA) is 57.8 Å². The molecule has 0 aliphatic heterocycles. The number of benzene rings is 2. The summed E-state index contributed by atoms with van der Waals surface area (Å²) in [5.41, 5.74) is 2.09. The highest BCUT2D eigenvalue weighted by atomic mass is 19.4. The van der Waals surface area contributed by atoms with Crippen molar-refractivity contribution in [2.24, 2.45) is 11.8 Å². The van der Waals surface area contributed by atoms with E-state index < -0.39 is 18.0 Å². The van der Waals surface area contributed by atoms with Crippen LogP contribution in [0.1, 0.15) is 36.3 Å². The van der Waals surface area contributed by atoms with Gasteiger partial charge in [0, 0.05) is 5.92 Å². The van der Waals surface area contributed by atoms with Crippen LogP contribution in [0.2, 0.25) is 0 Å². The van der Waals surface area contributed by atoms with Gasteiger partial charge in [0.25, 0.3) is 0 Å². The van der Waals surface area contributed by atoms with Gasteiger partial charge in [-0.1, -0.05) is 43.3 Å². The minimum Gasteiger partial charge on any atom is -0.345 e. The number of halogens is 3. The van der Waals surface area contributed by atoms with Crippen molar-refractivity contribution in [1.82, 2.24) is 15.3 Å². The molecule has 3 aromatic rings. The van der Waals surface area contributed by atoms with Crippen molar-refractivity contribution in [3.63, 3.8) is 0 Å². The maximum Gasteiger partial charge on any atom is 0.449 e. The first kappa shape index (κ1) is 17.6.